The van der Waals surface area contributed by atoms with Crippen molar-refractivity contribution in [3.8, 4) is 0 Å². The topological polar surface area (TPSA) is 17.8 Å². The Morgan fingerprint density at radius 3 is 2.81 bits per heavy atom. The molecule has 0 N–H and O–H groups in total. The van der Waals surface area contributed by atoms with E-state index in [-0.39, 0.29) is 5.38 Å². The second-order valence-electron chi connectivity index (χ2n) is 4.68. The van der Waals surface area contributed by atoms with Gasteiger partial charge in [-0.3, -0.25) is 0 Å². The summed E-state index contributed by atoms with van der Waals surface area (Å²) in [5.41, 5.74) is 3.59. The van der Waals surface area contributed by atoms with Crippen LogP contribution in [0.4, 0.5) is 0 Å². The van der Waals surface area contributed by atoms with E-state index in [1.54, 1.807) is 0 Å². The van der Waals surface area contributed by atoms with E-state index in [4.69, 9.17) is 11.6 Å². The summed E-state index contributed by atoms with van der Waals surface area (Å²) in [4.78, 5) is 4.65. The standard InChI is InChI=1S/C13H15ClN2/c1-8-3-6-11-12(7-8)16(10-4-5-10)13(15-11)9(2)14/h3,6-7,9-10H,4-5H2,1-2H3. The van der Waals surface area contributed by atoms with E-state index in [9.17, 15) is 0 Å². The van der Waals surface area contributed by atoms with Gasteiger partial charge in [0, 0.05) is 6.04 Å². The molecule has 2 aromatic rings. The third kappa shape index (κ3) is 1.52. The number of fused-ring (bicyclic) bond motifs is 1. The van der Waals surface area contributed by atoms with Gasteiger partial charge in [0.15, 0.2) is 0 Å². The summed E-state index contributed by atoms with van der Waals surface area (Å²) in [5, 5.41) is -0.0201. The second-order valence-corrected chi connectivity index (χ2v) is 5.33. The average molecular weight is 235 g/mol. The molecule has 84 valence electrons. The van der Waals surface area contributed by atoms with Gasteiger partial charge in [-0.2, -0.15) is 0 Å². The lowest BCUT2D eigenvalue weighted by Crippen LogP contribution is -2.01. The van der Waals surface area contributed by atoms with E-state index in [0.717, 1.165) is 11.3 Å². The first-order chi connectivity index (χ1) is 7.66. The minimum atomic E-state index is -0.0201. The maximum absolute atomic E-state index is 6.21. The van der Waals surface area contributed by atoms with E-state index in [1.165, 1.54) is 23.9 Å². The van der Waals surface area contributed by atoms with Crippen LogP contribution in [-0.2, 0) is 0 Å². The molecule has 3 rings (SSSR count). The number of benzene rings is 1. The monoisotopic (exact) mass is 234 g/mol. The molecule has 16 heavy (non-hydrogen) atoms. The quantitative estimate of drug-likeness (QED) is 0.719. The van der Waals surface area contributed by atoms with E-state index in [0.29, 0.717) is 6.04 Å². The molecule has 1 heterocycles. The minimum Gasteiger partial charge on any atom is -0.324 e. The fourth-order valence-electron chi connectivity index (χ4n) is 2.22. The van der Waals surface area contributed by atoms with Crippen molar-refractivity contribution in [2.45, 2.75) is 38.1 Å². The van der Waals surface area contributed by atoms with Crippen LogP contribution in [0.2, 0.25) is 0 Å². The molecule has 1 aliphatic carbocycles. The van der Waals surface area contributed by atoms with Gasteiger partial charge >= 0.3 is 0 Å². The van der Waals surface area contributed by atoms with Gasteiger partial charge in [-0.1, -0.05) is 6.07 Å². The highest BCUT2D eigenvalue weighted by Gasteiger charge is 2.29. The minimum absolute atomic E-state index is 0.0201. The van der Waals surface area contributed by atoms with Crippen molar-refractivity contribution in [2.75, 3.05) is 0 Å². The van der Waals surface area contributed by atoms with Crippen molar-refractivity contribution in [1.82, 2.24) is 9.55 Å². The van der Waals surface area contributed by atoms with Gasteiger partial charge in [0.05, 0.1) is 16.4 Å². The number of hydrogen-bond donors (Lipinski definition) is 0. The van der Waals surface area contributed by atoms with Crippen molar-refractivity contribution in [3.63, 3.8) is 0 Å². The number of nitrogens with zero attached hydrogens (tertiary/aromatic N) is 2. The lowest BCUT2D eigenvalue weighted by molar-refractivity contribution is 0.700. The Morgan fingerprint density at radius 2 is 2.19 bits per heavy atom. The molecule has 1 aromatic heterocycles. The van der Waals surface area contributed by atoms with Gasteiger partial charge in [0.25, 0.3) is 0 Å². The Bertz CT molecular complexity index is 538. The highest BCUT2D eigenvalue weighted by molar-refractivity contribution is 6.20. The summed E-state index contributed by atoms with van der Waals surface area (Å²) in [5.74, 6) is 1.02. The number of aryl methyl sites for hydroxylation is 1. The van der Waals surface area contributed by atoms with Crippen LogP contribution in [0.5, 0.6) is 0 Å². The van der Waals surface area contributed by atoms with E-state index in [1.807, 2.05) is 6.92 Å². The normalized spacial score (nSPS) is 17.9. The predicted octanol–water partition coefficient (Wildman–Crippen LogP) is 3.98. The van der Waals surface area contributed by atoms with Crippen molar-refractivity contribution in [1.29, 1.82) is 0 Å². The SMILES string of the molecule is Cc1ccc2nc(C(C)Cl)n(C3CC3)c2c1. The molecule has 1 saturated carbocycles. The van der Waals surface area contributed by atoms with Crippen molar-refractivity contribution in [3.05, 3.63) is 29.6 Å². The molecule has 2 nitrogen and oxygen atoms in total. The van der Waals surface area contributed by atoms with Crippen LogP contribution in [0.3, 0.4) is 0 Å². The first-order valence-corrected chi connectivity index (χ1v) is 6.23. The van der Waals surface area contributed by atoms with Gasteiger partial charge in [-0.15, -0.1) is 11.6 Å². The molecule has 1 unspecified atom stereocenters. The first kappa shape index (κ1) is 10.2. The maximum atomic E-state index is 6.21. The molecule has 0 amide bonds. The Kier molecular flexibility index (Phi) is 2.21. The van der Waals surface area contributed by atoms with Crippen LogP contribution in [0.1, 0.15) is 42.6 Å². The number of halogens is 1. The largest absolute Gasteiger partial charge is 0.324 e. The Balaban J connectivity index is 2.29. The van der Waals surface area contributed by atoms with Gasteiger partial charge in [0.2, 0.25) is 0 Å². The van der Waals surface area contributed by atoms with Crippen LogP contribution in [0.25, 0.3) is 11.0 Å². The molecule has 0 radical (unpaired) electrons. The highest BCUT2D eigenvalue weighted by atomic mass is 35.5. The highest BCUT2D eigenvalue weighted by Crippen LogP contribution is 2.40. The number of hydrogen-bond acceptors (Lipinski definition) is 1. The summed E-state index contributed by atoms with van der Waals surface area (Å²) < 4.78 is 2.33. The fraction of sp³-hybridized carbons (Fsp3) is 0.462. The molecule has 0 aliphatic heterocycles. The van der Waals surface area contributed by atoms with E-state index >= 15 is 0 Å². The van der Waals surface area contributed by atoms with Crippen LogP contribution < -0.4 is 0 Å². The molecule has 1 aliphatic rings. The molecular formula is C13H15ClN2. The third-order valence-corrected chi connectivity index (χ3v) is 3.34. The summed E-state index contributed by atoms with van der Waals surface area (Å²) >= 11 is 6.21. The lowest BCUT2D eigenvalue weighted by atomic mass is 10.2. The van der Waals surface area contributed by atoms with Crippen LogP contribution in [-0.4, -0.2) is 9.55 Å². The zero-order valence-corrected chi connectivity index (χ0v) is 10.3. The summed E-state index contributed by atoms with van der Waals surface area (Å²) in [6, 6.07) is 7.04. The van der Waals surface area contributed by atoms with Crippen LogP contribution in [0, 0.1) is 6.92 Å². The van der Waals surface area contributed by atoms with Crippen molar-refractivity contribution in [2.24, 2.45) is 0 Å². The molecule has 0 bridgehead atoms. The number of rotatable bonds is 2. The summed E-state index contributed by atoms with van der Waals surface area (Å²) in [6.07, 6.45) is 2.52. The van der Waals surface area contributed by atoms with Gasteiger partial charge in [0.1, 0.15) is 5.82 Å². The smallest absolute Gasteiger partial charge is 0.127 e. The fourth-order valence-corrected chi connectivity index (χ4v) is 2.37. The molecule has 0 saturated heterocycles. The second kappa shape index (κ2) is 3.49. The average Bonchev–Trinajstić information content (AvgIpc) is 2.99. The molecule has 1 fully saturated rings. The van der Waals surface area contributed by atoms with Crippen LogP contribution >= 0.6 is 11.6 Å². The molecule has 0 spiro atoms. The summed E-state index contributed by atoms with van der Waals surface area (Å²) in [6.45, 7) is 4.11. The Morgan fingerprint density at radius 1 is 1.44 bits per heavy atom. The molecule has 1 aromatic carbocycles. The van der Waals surface area contributed by atoms with E-state index < -0.39 is 0 Å². The number of aromatic nitrogens is 2. The maximum Gasteiger partial charge on any atom is 0.127 e. The van der Waals surface area contributed by atoms with Gasteiger partial charge in [-0.25, -0.2) is 4.98 Å². The first-order valence-electron chi connectivity index (χ1n) is 5.79. The van der Waals surface area contributed by atoms with Gasteiger partial charge in [-0.05, 0) is 44.4 Å². The van der Waals surface area contributed by atoms with Crippen molar-refractivity contribution < 1.29 is 0 Å². The Hall–Kier alpha value is -1.02. The van der Waals surface area contributed by atoms with E-state index in [2.05, 4.69) is 34.7 Å². The molecular weight excluding hydrogens is 220 g/mol. The zero-order valence-electron chi connectivity index (χ0n) is 9.57. The zero-order chi connectivity index (χ0) is 11.3. The predicted molar refractivity (Wildman–Crippen MR) is 67.0 cm³/mol. The lowest BCUT2D eigenvalue weighted by Gasteiger charge is -2.08. The summed E-state index contributed by atoms with van der Waals surface area (Å²) in [7, 11) is 0. The number of imidazole rings is 1. The number of alkyl halides is 1. The van der Waals surface area contributed by atoms with Gasteiger partial charge < -0.3 is 4.57 Å². The van der Waals surface area contributed by atoms with Crippen molar-refractivity contribution >= 4 is 22.6 Å². The molecule has 1 atom stereocenters. The molecule has 3 heteroatoms. The Labute approximate surface area is 100 Å². The van der Waals surface area contributed by atoms with Crippen LogP contribution in [0.15, 0.2) is 18.2 Å². The third-order valence-electron chi connectivity index (χ3n) is 3.14.